The van der Waals surface area contributed by atoms with Gasteiger partial charge in [-0.2, -0.15) is 13.2 Å². The molecule has 2 aromatic rings. The molecule has 1 unspecified atom stereocenters. The molecule has 0 aliphatic heterocycles. The number of halogens is 3. The largest absolute Gasteiger partial charge is 0.389 e. The lowest BCUT2D eigenvalue weighted by atomic mass is 9.98. The van der Waals surface area contributed by atoms with Crippen molar-refractivity contribution in [3.8, 4) is 0 Å². The fourth-order valence-electron chi connectivity index (χ4n) is 2.53. The SMILES string of the molecule is CCNC(CCCC(F)(F)F)c1cccc2cccnc12. The minimum absolute atomic E-state index is 0.101. The van der Waals surface area contributed by atoms with Gasteiger partial charge in [0.2, 0.25) is 0 Å². The Labute approximate surface area is 122 Å². The Balaban J connectivity index is 2.20. The number of nitrogens with zero attached hydrogens (tertiary/aromatic N) is 1. The highest BCUT2D eigenvalue weighted by Crippen LogP contribution is 2.29. The van der Waals surface area contributed by atoms with Crippen molar-refractivity contribution >= 4 is 10.9 Å². The van der Waals surface area contributed by atoms with Crippen LogP contribution in [0.3, 0.4) is 0 Å². The van der Waals surface area contributed by atoms with Crippen LogP contribution in [0, 0.1) is 0 Å². The van der Waals surface area contributed by atoms with Crippen molar-refractivity contribution in [2.45, 2.75) is 38.4 Å². The molecular formula is C16H19F3N2. The summed E-state index contributed by atoms with van der Waals surface area (Å²) in [6, 6.07) is 9.55. The molecule has 1 aromatic carbocycles. The van der Waals surface area contributed by atoms with E-state index in [1.165, 1.54) is 0 Å². The van der Waals surface area contributed by atoms with Crippen LogP contribution in [0.1, 0.15) is 37.8 Å². The molecule has 0 saturated heterocycles. The molecule has 0 aliphatic carbocycles. The molecular weight excluding hydrogens is 277 g/mol. The number of alkyl halides is 3. The van der Waals surface area contributed by atoms with Crippen LogP contribution < -0.4 is 5.32 Å². The van der Waals surface area contributed by atoms with Crippen LogP contribution in [-0.4, -0.2) is 17.7 Å². The van der Waals surface area contributed by atoms with E-state index in [9.17, 15) is 13.2 Å². The lowest BCUT2D eigenvalue weighted by Gasteiger charge is -2.20. The molecule has 0 bridgehead atoms. The van der Waals surface area contributed by atoms with Crippen LogP contribution in [0.5, 0.6) is 0 Å². The third kappa shape index (κ3) is 4.43. The van der Waals surface area contributed by atoms with Crippen molar-refractivity contribution < 1.29 is 13.2 Å². The molecule has 2 nitrogen and oxygen atoms in total. The van der Waals surface area contributed by atoms with Crippen LogP contribution in [-0.2, 0) is 0 Å². The summed E-state index contributed by atoms with van der Waals surface area (Å²) in [7, 11) is 0. The molecule has 5 heteroatoms. The van der Waals surface area contributed by atoms with E-state index in [4.69, 9.17) is 0 Å². The van der Waals surface area contributed by atoms with E-state index in [0.717, 1.165) is 16.5 Å². The maximum Gasteiger partial charge on any atom is 0.389 e. The van der Waals surface area contributed by atoms with Gasteiger partial charge in [0, 0.05) is 24.0 Å². The van der Waals surface area contributed by atoms with Crippen LogP contribution in [0.2, 0.25) is 0 Å². The lowest BCUT2D eigenvalue weighted by molar-refractivity contribution is -0.135. The van der Waals surface area contributed by atoms with Crippen molar-refractivity contribution in [2.24, 2.45) is 0 Å². The van der Waals surface area contributed by atoms with Gasteiger partial charge in [0.05, 0.1) is 5.52 Å². The fraction of sp³-hybridized carbons (Fsp3) is 0.438. The second kappa shape index (κ2) is 6.89. The van der Waals surface area contributed by atoms with E-state index in [2.05, 4.69) is 10.3 Å². The maximum atomic E-state index is 12.3. The smallest absolute Gasteiger partial charge is 0.310 e. The second-order valence-corrected chi connectivity index (χ2v) is 5.04. The maximum absolute atomic E-state index is 12.3. The third-order valence-electron chi connectivity index (χ3n) is 3.44. The van der Waals surface area contributed by atoms with E-state index < -0.39 is 12.6 Å². The highest BCUT2D eigenvalue weighted by atomic mass is 19.4. The Kier molecular flexibility index (Phi) is 5.17. The van der Waals surface area contributed by atoms with Crippen LogP contribution in [0.4, 0.5) is 13.2 Å². The summed E-state index contributed by atoms with van der Waals surface area (Å²) in [6.07, 6.45) is -2.56. The summed E-state index contributed by atoms with van der Waals surface area (Å²) in [5.41, 5.74) is 1.83. The molecule has 0 radical (unpaired) electrons. The summed E-state index contributed by atoms with van der Waals surface area (Å²) in [5, 5.41) is 4.28. The minimum atomic E-state index is -4.09. The molecule has 0 spiro atoms. The second-order valence-electron chi connectivity index (χ2n) is 5.04. The minimum Gasteiger partial charge on any atom is -0.310 e. The quantitative estimate of drug-likeness (QED) is 0.841. The van der Waals surface area contributed by atoms with Crippen molar-refractivity contribution in [2.75, 3.05) is 6.54 Å². The normalized spacial score (nSPS) is 13.5. The zero-order valence-corrected chi connectivity index (χ0v) is 12.0. The highest BCUT2D eigenvalue weighted by Gasteiger charge is 2.27. The van der Waals surface area contributed by atoms with Gasteiger partial charge in [-0.25, -0.2) is 0 Å². The number of rotatable bonds is 6. The molecule has 1 atom stereocenters. The van der Waals surface area contributed by atoms with Crippen molar-refractivity contribution in [3.63, 3.8) is 0 Å². The summed E-state index contributed by atoms with van der Waals surface area (Å²) in [6.45, 7) is 2.66. The fourth-order valence-corrected chi connectivity index (χ4v) is 2.53. The first-order valence-electron chi connectivity index (χ1n) is 7.15. The Morgan fingerprint density at radius 2 is 1.95 bits per heavy atom. The van der Waals surface area contributed by atoms with Gasteiger partial charge in [-0.05, 0) is 31.0 Å². The summed E-state index contributed by atoms with van der Waals surface area (Å²) < 4.78 is 36.9. The van der Waals surface area contributed by atoms with Gasteiger partial charge < -0.3 is 5.32 Å². The van der Waals surface area contributed by atoms with Gasteiger partial charge >= 0.3 is 6.18 Å². The third-order valence-corrected chi connectivity index (χ3v) is 3.44. The van der Waals surface area contributed by atoms with E-state index in [-0.39, 0.29) is 12.5 Å². The predicted molar refractivity (Wildman–Crippen MR) is 78.1 cm³/mol. The first-order chi connectivity index (χ1) is 10.0. The molecule has 1 aromatic heterocycles. The topological polar surface area (TPSA) is 24.9 Å². The number of para-hydroxylation sites is 1. The Bertz CT molecular complexity index is 576. The summed E-state index contributed by atoms with van der Waals surface area (Å²) >= 11 is 0. The van der Waals surface area contributed by atoms with Crippen molar-refractivity contribution in [3.05, 3.63) is 42.1 Å². The summed E-state index contributed by atoms with van der Waals surface area (Å²) in [5.74, 6) is 0. The van der Waals surface area contributed by atoms with Gasteiger partial charge in [0.15, 0.2) is 0 Å². The number of pyridine rings is 1. The van der Waals surface area contributed by atoms with Crippen LogP contribution >= 0.6 is 0 Å². The van der Waals surface area contributed by atoms with Gasteiger partial charge in [0.25, 0.3) is 0 Å². The Morgan fingerprint density at radius 3 is 2.67 bits per heavy atom. The number of hydrogen-bond acceptors (Lipinski definition) is 2. The van der Waals surface area contributed by atoms with Crippen molar-refractivity contribution in [1.29, 1.82) is 0 Å². The van der Waals surface area contributed by atoms with E-state index in [1.807, 2.05) is 37.3 Å². The molecule has 0 amide bonds. The van der Waals surface area contributed by atoms with Crippen LogP contribution in [0.25, 0.3) is 10.9 Å². The number of nitrogens with one attached hydrogen (secondary N) is 1. The molecule has 0 fully saturated rings. The molecule has 0 saturated carbocycles. The Morgan fingerprint density at radius 1 is 1.19 bits per heavy atom. The van der Waals surface area contributed by atoms with Gasteiger partial charge in [-0.3, -0.25) is 4.98 Å². The Hall–Kier alpha value is -1.62. The van der Waals surface area contributed by atoms with E-state index >= 15 is 0 Å². The number of aromatic nitrogens is 1. The van der Waals surface area contributed by atoms with Gasteiger partial charge in [0.1, 0.15) is 0 Å². The lowest BCUT2D eigenvalue weighted by Crippen LogP contribution is -2.22. The van der Waals surface area contributed by atoms with E-state index in [1.54, 1.807) is 6.20 Å². The average Bonchev–Trinajstić information content (AvgIpc) is 2.44. The first-order valence-corrected chi connectivity index (χ1v) is 7.15. The highest BCUT2D eigenvalue weighted by molar-refractivity contribution is 5.81. The monoisotopic (exact) mass is 296 g/mol. The zero-order chi connectivity index (χ0) is 15.3. The molecule has 1 heterocycles. The molecule has 0 aliphatic rings. The van der Waals surface area contributed by atoms with Crippen LogP contribution in [0.15, 0.2) is 36.5 Å². The van der Waals surface area contributed by atoms with Gasteiger partial charge in [-0.15, -0.1) is 0 Å². The van der Waals surface area contributed by atoms with Crippen molar-refractivity contribution in [1.82, 2.24) is 10.3 Å². The molecule has 1 N–H and O–H groups in total. The average molecular weight is 296 g/mol. The van der Waals surface area contributed by atoms with E-state index in [0.29, 0.717) is 13.0 Å². The number of fused-ring (bicyclic) bond motifs is 1. The zero-order valence-electron chi connectivity index (χ0n) is 12.0. The molecule has 21 heavy (non-hydrogen) atoms. The first kappa shape index (κ1) is 15.8. The standard InChI is InChI=1S/C16H19F3N2/c1-2-20-14(9-4-10-16(17,18)19)13-8-3-6-12-7-5-11-21-15(12)13/h3,5-8,11,14,20H,2,4,9-10H2,1H3. The molecule has 2 rings (SSSR count). The van der Waals surface area contributed by atoms with Gasteiger partial charge in [-0.1, -0.05) is 31.2 Å². The summed E-state index contributed by atoms with van der Waals surface area (Å²) in [4.78, 5) is 4.38. The molecule has 114 valence electrons. The number of benzene rings is 1. The predicted octanol–water partition coefficient (Wildman–Crippen LogP) is 4.62. The number of hydrogen-bond donors (Lipinski definition) is 1.